The van der Waals surface area contributed by atoms with E-state index in [0.717, 1.165) is 11.1 Å². The normalized spacial score (nSPS) is 14.1. The molecule has 192 valence electrons. The van der Waals surface area contributed by atoms with E-state index in [4.69, 9.17) is 17.3 Å². The van der Waals surface area contributed by atoms with Gasteiger partial charge in [-0.05, 0) is 54.8 Å². The van der Waals surface area contributed by atoms with E-state index in [0.29, 0.717) is 33.4 Å². The first-order valence-corrected chi connectivity index (χ1v) is 12.2. The third kappa shape index (κ3) is 5.52. The maximum Gasteiger partial charge on any atom is 0.258 e. The molecule has 0 radical (unpaired) electrons. The summed E-state index contributed by atoms with van der Waals surface area (Å²) >= 11 is 6.13. The van der Waals surface area contributed by atoms with Gasteiger partial charge in [-0.3, -0.25) is 9.59 Å². The Balaban J connectivity index is 1.66. The van der Waals surface area contributed by atoms with Crippen LogP contribution in [0.4, 0.5) is 17.1 Å². The van der Waals surface area contributed by atoms with Crippen LogP contribution in [0, 0.1) is 0 Å². The van der Waals surface area contributed by atoms with Crippen molar-refractivity contribution in [3.8, 4) is 0 Å². The minimum atomic E-state index is -1.37. The van der Waals surface area contributed by atoms with Gasteiger partial charge in [0.25, 0.3) is 5.91 Å². The Morgan fingerprint density at radius 3 is 2.30 bits per heavy atom. The molecule has 8 nitrogen and oxygen atoms in total. The number of nitrogens with one attached hydrogen (secondary N) is 2. The van der Waals surface area contributed by atoms with Gasteiger partial charge in [-0.2, -0.15) is 0 Å². The number of carbonyl (C=O) groups is 2. The predicted octanol–water partition coefficient (Wildman–Crippen LogP) is 3.70. The molecule has 0 saturated carbocycles. The monoisotopic (exact) mass is 520 g/mol. The lowest BCUT2D eigenvalue weighted by Crippen LogP contribution is -2.55. The highest BCUT2D eigenvalue weighted by molar-refractivity contribution is 6.38. The summed E-state index contributed by atoms with van der Waals surface area (Å²) in [7, 11) is 1.60. The number of nitrogens with zero attached hydrogens (tertiary/aromatic N) is 1. The fourth-order valence-corrected chi connectivity index (χ4v) is 4.55. The highest BCUT2D eigenvalue weighted by Crippen LogP contribution is 2.39. The molecule has 0 unspecified atom stereocenters. The summed E-state index contributed by atoms with van der Waals surface area (Å²) < 4.78 is 0. The summed E-state index contributed by atoms with van der Waals surface area (Å²) in [6, 6.07) is 21.9. The Morgan fingerprint density at radius 2 is 1.68 bits per heavy atom. The number of nitrogens with two attached hydrogens (primary N) is 1. The molecular formula is C28H29ClN4O4. The van der Waals surface area contributed by atoms with Crippen molar-refractivity contribution in [3.63, 3.8) is 0 Å². The van der Waals surface area contributed by atoms with Crippen molar-refractivity contribution >= 4 is 51.7 Å². The van der Waals surface area contributed by atoms with E-state index in [1.807, 2.05) is 36.4 Å². The van der Waals surface area contributed by atoms with E-state index < -0.39 is 11.4 Å². The van der Waals surface area contributed by atoms with E-state index >= 15 is 0 Å². The van der Waals surface area contributed by atoms with Crippen molar-refractivity contribution < 1.29 is 19.8 Å². The highest BCUT2D eigenvalue weighted by Gasteiger charge is 2.36. The number of halogens is 1. The predicted molar refractivity (Wildman–Crippen MR) is 147 cm³/mol. The van der Waals surface area contributed by atoms with Crippen molar-refractivity contribution in [3.05, 3.63) is 88.9 Å². The van der Waals surface area contributed by atoms with Gasteiger partial charge in [0, 0.05) is 42.2 Å². The van der Waals surface area contributed by atoms with Crippen LogP contribution in [-0.4, -0.2) is 47.8 Å². The highest BCUT2D eigenvalue weighted by atomic mass is 35.5. The van der Waals surface area contributed by atoms with Gasteiger partial charge < -0.3 is 31.5 Å². The summed E-state index contributed by atoms with van der Waals surface area (Å²) in [4.78, 5) is 27.5. The molecule has 6 N–H and O–H groups in total. The van der Waals surface area contributed by atoms with E-state index in [1.165, 1.54) is 4.90 Å². The van der Waals surface area contributed by atoms with Gasteiger partial charge in [0.15, 0.2) is 0 Å². The zero-order valence-electron chi connectivity index (χ0n) is 20.4. The van der Waals surface area contributed by atoms with Gasteiger partial charge in [0.1, 0.15) is 5.54 Å². The van der Waals surface area contributed by atoms with Crippen LogP contribution in [0.2, 0.25) is 5.02 Å². The third-order valence-corrected chi connectivity index (χ3v) is 6.64. The fourth-order valence-electron chi connectivity index (χ4n) is 4.38. The summed E-state index contributed by atoms with van der Waals surface area (Å²) in [6.45, 7) is -0.530. The maximum atomic E-state index is 13.0. The lowest BCUT2D eigenvalue weighted by atomic mass is 9.91. The number of hydrogen-bond acceptors (Lipinski definition) is 6. The number of hydrogen-bond donors (Lipinski definition) is 5. The molecule has 4 rings (SSSR count). The van der Waals surface area contributed by atoms with Crippen LogP contribution in [0.25, 0.3) is 11.3 Å². The second-order valence-electron chi connectivity index (χ2n) is 8.90. The van der Waals surface area contributed by atoms with Crippen molar-refractivity contribution in [2.24, 2.45) is 5.73 Å². The van der Waals surface area contributed by atoms with E-state index in [9.17, 15) is 19.8 Å². The fraction of sp³-hybridized carbons (Fsp3) is 0.214. The lowest BCUT2D eigenvalue weighted by Gasteiger charge is -2.31. The molecule has 0 saturated heterocycles. The molecule has 0 bridgehead atoms. The van der Waals surface area contributed by atoms with Crippen molar-refractivity contribution in [1.29, 1.82) is 0 Å². The molecule has 0 aromatic heterocycles. The van der Waals surface area contributed by atoms with Crippen molar-refractivity contribution in [1.82, 2.24) is 0 Å². The number of carbonyl (C=O) groups excluding carboxylic acids is 2. The van der Waals surface area contributed by atoms with Crippen LogP contribution in [0.5, 0.6) is 0 Å². The second-order valence-corrected chi connectivity index (χ2v) is 9.34. The van der Waals surface area contributed by atoms with Crippen LogP contribution in [0.3, 0.4) is 0 Å². The van der Waals surface area contributed by atoms with Crippen LogP contribution in [0.15, 0.2) is 72.8 Å². The average Bonchev–Trinajstić information content (AvgIpc) is 3.22. The summed E-state index contributed by atoms with van der Waals surface area (Å²) in [6.07, 6.45) is 0.0816. The minimum Gasteiger partial charge on any atom is -0.396 e. The Morgan fingerprint density at radius 1 is 1.03 bits per heavy atom. The zero-order valence-corrected chi connectivity index (χ0v) is 21.1. The number of anilines is 3. The Hall–Kier alpha value is -3.69. The smallest absolute Gasteiger partial charge is 0.258 e. The SMILES string of the molecule is CN(C(=O)C(N)(CCO)CCO)c1ccc(NC(=C2C(=O)Nc3cc(Cl)ccc32)c2ccccc2)cc1. The number of aliphatic hydroxyl groups excluding tert-OH is 2. The first kappa shape index (κ1) is 26.4. The number of benzene rings is 3. The average molecular weight is 521 g/mol. The Bertz CT molecular complexity index is 1320. The van der Waals surface area contributed by atoms with Crippen molar-refractivity contribution in [2.45, 2.75) is 18.4 Å². The number of amides is 2. The van der Waals surface area contributed by atoms with Crippen LogP contribution < -0.4 is 21.3 Å². The maximum absolute atomic E-state index is 13.0. The second kappa shape index (κ2) is 11.1. The molecule has 0 spiro atoms. The molecule has 1 heterocycles. The molecule has 0 fully saturated rings. The Labute approximate surface area is 220 Å². The minimum absolute atomic E-state index is 0.0408. The van der Waals surface area contributed by atoms with Crippen molar-refractivity contribution in [2.75, 3.05) is 35.8 Å². The van der Waals surface area contributed by atoms with Gasteiger partial charge >= 0.3 is 0 Å². The van der Waals surface area contributed by atoms with Crippen LogP contribution in [0.1, 0.15) is 24.0 Å². The topological polar surface area (TPSA) is 128 Å². The van der Waals surface area contributed by atoms with E-state index in [2.05, 4.69) is 10.6 Å². The number of rotatable bonds is 9. The van der Waals surface area contributed by atoms with Gasteiger partial charge in [-0.1, -0.05) is 48.0 Å². The largest absolute Gasteiger partial charge is 0.396 e. The number of aliphatic hydroxyl groups is 2. The third-order valence-electron chi connectivity index (χ3n) is 6.41. The van der Waals surface area contributed by atoms with Gasteiger partial charge in [0.2, 0.25) is 5.91 Å². The molecule has 1 aliphatic heterocycles. The number of fused-ring (bicyclic) bond motifs is 1. The summed E-state index contributed by atoms with van der Waals surface area (Å²) in [5, 5.41) is 25.5. The molecule has 2 amide bonds. The molecular weight excluding hydrogens is 492 g/mol. The standard InChI is InChI=1S/C28H29ClN4O4/c1-33(27(37)28(30,13-15-34)14-16-35)21-10-8-20(9-11-21)31-25(18-5-3-2-4-6-18)24-22-12-7-19(29)17-23(22)32-26(24)36/h2-12,17,31,34-35H,13-16,30H2,1H3,(H,32,36). The molecule has 9 heteroatoms. The quantitative estimate of drug-likeness (QED) is 0.274. The van der Waals surface area contributed by atoms with Crippen LogP contribution >= 0.6 is 11.6 Å². The number of likely N-dealkylation sites (N-methyl/N-ethyl adjacent to an activating group) is 1. The first-order valence-electron chi connectivity index (χ1n) is 11.8. The molecule has 0 atom stereocenters. The molecule has 3 aromatic rings. The molecule has 3 aromatic carbocycles. The lowest BCUT2D eigenvalue weighted by molar-refractivity contribution is -0.124. The molecule has 37 heavy (non-hydrogen) atoms. The summed E-state index contributed by atoms with van der Waals surface area (Å²) in [5.74, 6) is -0.640. The zero-order chi connectivity index (χ0) is 26.6. The van der Waals surface area contributed by atoms with Gasteiger partial charge in [-0.15, -0.1) is 0 Å². The summed E-state index contributed by atoms with van der Waals surface area (Å²) in [5.41, 5.74) is 9.49. The molecule has 1 aliphatic rings. The van der Waals surface area contributed by atoms with E-state index in [1.54, 1.807) is 43.4 Å². The molecule has 0 aliphatic carbocycles. The van der Waals surface area contributed by atoms with Gasteiger partial charge in [0.05, 0.1) is 17.0 Å². The van der Waals surface area contributed by atoms with E-state index in [-0.39, 0.29) is 32.0 Å². The van der Waals surface area contributed by atoms with Gasteiger partial charge in [-0.25, -0.2) is 0 Å². The first-order chi connectivity index (χ1) is 17.8. The van der Waals surface area contributed by atoms with Crippen LogP contribution in [-0.2, 0) is 9.59 Å². The Kier molecular flexibility index (Phi) is 7.94.